The van der Waals surface area contributed by atoms with Gasteiger partial charge < -0.3 is 15.4 Å². The molecule has 0 atom stereocenters. The first-order valence-electron chi connectivity index (χ1n) is 7.15. The van der Waals surface area contributed by atoms with Crippen LogP contribution in [0, 0.1) is 13.8 Å². The molecule has 0 saturated carbocycles. The normalized spacial score (nSPS) is 10.4. The number of benzene rings is 1. The molecule has 0 fully saturated rings. The number of ether oxygens (including phenoxy) is 1. The first-order chi connectivity index (χ1) is 11.0. The van der Waals surface area contributed by atoms with Gasteiger partial charge in [-0.1, -0.05) is 17.7 Å². The predicted octanol–water partition coefficient (Wildman–Crippen LogP) is 2.87. The molecule has 6 nitrogen and oxygen atoms in total. The summed E-state index contributed by atoms with van der Waals surface area (Å²) >= 11 is 6.12. The van der Waals surface area contributed by atoms with Crippen molar-refractivity contribution < 1.29 is 9.53 Å². The van der Waals surface area contributed by atoms with Crippen LogP contribution in [0.25, 0.3) is 0 Å². The van der Waals surface area contributed by atoms with Crippen LogP contribution in [-0.2, 0) is 4.74 Å². The quantitative estimate of drug-likeness (QED) is 0.794. The lowest BCUT2D eigenvalue weighted by Crippen LogP contribution is -2.28. The maximum atomic E-state index is 12.1. The van der Waals surface area contributed by atoms with Crippen LogP contribution in [0.4, 0.5) is 11.5 Å². The lowest BCUT2D eigenvalue weighted by Gasteiger charge is -2.10. The maximum absolute atomic E-state index is 12.1. The number of nitrogens with zero attached hydrogens (tertiary/aromatic N) is 2. The number of methoxy groups -OCH3 is 1. The summed E-state index contributed by atoms with van der Waals surface area (Å²) in [5.74, 6) is 0.775. The minimum atomic E-state index is -0.266. The summed E-state index contributed by atoms with van der Waals surface area (Å²) < 4.78 is 4.90. The van der Waals surface area contributed by atoms with Gasteiger partial charge >= 0.3 is 0 Å². The maximum Gasteiger partial charge on any atom is 0.270 e. The summed E-state index contributed by atoms with van der Waals surface area (Å²) in [4.78, 5) is 20.5. The molecular formula is C16H19ClN4O2. The average molecular weight is 335 g/mol. The van der Waals surface area contributed by atoms with Crippen LogP contribution in [0.5, 0.6) is 0 Å². The van der Waals surface area contributed by atoms with E-state index in [0.29, 0.717) is 35.5 Å². The van der Waals surface area contributed by atoms with Crippen molar-refractivity contribution in [3.63, 3.8) is 0 Å². The van der Waals surface area contributed by atoms with Gasteiger partial charge in [0, 0.05) is 30.4 Å². The molecule has 1 aromatic carbocycles. The molecule has 23 heavy (non-hydrogen) atoms. The standard InChI is InChI=1S/C16H19ClN4O2/c1-10-4-5-12(8-13(10)17)21-15-9-14(19-11(2)20-15)16(22)18-6-7-23-3/h4-5,8-9H,6-7H2,1-3H3,(H,18,22)(H,19,20,21). The number of hydrogen-bond acceptors (Lipinski definition) is 5. The van der Waals surface area contributed by atoms with E-state index >= 15 is 0 Å². The second kappa shape index (κ2) is 7.89. The number of aryl methyl sites for hydroxylation is 2. The molecule has 122 valence electrons. The zero-order valence-electron chi connectivity index (χ0n) is 13.3. The molecule has 0 aliphatic carbocycles. The van der Waals surface area contributed by atoms with Gasteiger partial charge in [-0.05, 0) is 31.5 Å². The van der Waals surface area contributed by atoms with Crippen LogP contribution in [-0.4, -0.2) is 36.1 Å². The summed E-state index contributed by atoms with van der Waals surface area (Å²) in [6.07, 6.45) is 0. The molecule has 1 heterocycles. The molecule has 0 saturated heterocycles. The van der Waals surface area contributed by atoms with Crippen LogP contribution in [0.15, 0.2) is 24.3 Å². The summed E-state index contributed by atoms with van der Waals surface area (Å²) in [6, 6.07) is 7.23. The van der Waals surface area contributed by atoms with Crippen LogP contribution < -0.4 is 10.6 Å². The van der Waals surface area contributed by atoms with Crippen molar-refractivity contribution in [2.24, 2.45) is 0 Å². The van der Waals surface area contributed by atoms with Crippen molar-refractivity contribution in [3.8, 4) is 0 Å². The largest absolute Gasteiger partial charge is 0.383 e. The highest BCUT2D eigenvalue weighted by atomic mass is 35.5. The molecule has 0 aliphatic heterocycles. The van der Waals surface area contributed by atoms with Gasteiger partial charge in [0.15, 0.2) is 0 Å². The first kappa shape index (κ1) is 17.2. The molecule has 0 bridgehead atoms. The molecule has 1 aromatic heterocycles. The molecule has 1 amide bonds. The van der Waals surface area contributed by atoms with Crippen molar-refractivity contribution in [2.45, 2.75) is 13.8 Å². The third kappa shape index (κ3) is 4.91. The Bertz CT molecular complexity index is 706. The number of hydrogen-bond donors (Lipinski definition) is 2. The molecule has 2 aromatic rings. The Hall–Kier alpha value is -2.18. The highest BCUT2D eigenvalue weighted by Crippen LogP contribution is 2.22. The number of carbonyl (C=O) groups is 1. The van der Waals surface area contributed by atoms with Gasteiger partial charge in [-0.2, -0.15) is 0 Å². The molecular weight excluding hydrogens is 316 g/mol. The minimum Gasteiger partial charge on any atom is -0.383 e. The van der Waals surface area contributed by atoms with E-state index < -0.39 is 0 Å². The summed E-state index contributed by atoms with van der Waals surface area (Å²) in [5.41, 5.74) is 2.09. The fourth-order valence-electron chi connectivity index (χ4n) is 1.92. The molecule has 7 heteroatoms. The van der Waals surface area contributed by atoms with E-state index in [2.05, 4.69) is 20.6 Å². The zero-order valence-corrected chi connectivity index (χ0v) is 14.1. The van der Waals surface area contributed by atoms with Crippen molar-refractivity contribution in [1.29, 1.82) is 0 Å². The first-order valence-corrected chi connectivity index (χ1v) is 7.53. The third-order valence-corrected chi connectivity index (χ3v) is 3.51. The van der Waals surface area contributed by atoms with Gasteiger partial charge in [-0.25, -0.2) is 9.97 Å². The second-order valence-electron chi connectivity index (χ2n) is 5.02. The van der Waals surface area contributed by atoms with E-state index in [1.54, 1.807) is 20.1 Å². The second-order valence-corrected chi connectivity index (χ2v) is 5.43. The zero-order chi connectivity index (χ0) is 16.8. The van der Waals surface area contributed by atoms with Gasteiger partial charge in [-0.15, -0.1) is 0 Å². The smallest absolute Gasteiger partial charge is 0.270 e. The van der Waals surface area contributed by atoms with Crippen molar-refractivity contribution in [3.05, 3.63) is 46.4 Å². The molecule has 0 radical (unpaired) electrons. The van der Waals surface area contributed by atoms with Gasteiger partial charge in [-0.3, -0.25) is 4.79 Å². The fraction of sp³-hybridized carbons (Fsp3) is 0.312. The van der Waals surface area contributed by atoms with E-state index in [0.717, 1.165) is 11.3 Å². The lowest BCUT2D eigenvalue weighted by molar-refractivity contribution is 0.0932. The lowest BCUT2D eigenvalue weighted by atomic mass is 10.2. The highest BCUT2D eigenvalue weighted by molar-refractivity contribution is 6.31. The van der Waals surface area contributed by atoms with Crippen LogP contribution >= 0.6 is 11.6 Å². The highest BCUT2D eigenvalue weighted by Gasteiger charge is 2.10. The Balaban J connectivity index is 2.16. The van der Waals surface area contributed by atoms with E-state index in [-0.39, 0.29) is 5.91 Å². The number of halogens is 1. The monoisotopic (exact) mass is 334 g/mol. The van der Waals surface area contributed by atoms with E-state index in [1.807, 2.05) is 25.1 Å². The Morgan fingerprint density at radius 3 is 2.74 bits per heavy atom. The fourth-order valence-corrected chi connectivity index (χ4v) is 2.10. The molecule has 0 aliphatic rings. The third-order valence-electron chi connectivity index (χ3n) is 3.11. The molecule has 0 spiro atoms. The van der Waals surface area contributed by atoms with E-state index in [9.17, 15) is 4.79 Å². The summed E-state index contributed by atoms with van der Waals surface area (Å²) in [5, 5.41) is 6.53. The van der Waals surface area contributed by atoms with Gasteiger partial charge in [0.25, 0.3) is 5.91 Å². The number of anilines is 2. The molecule has 0 unspecified atom stereocenters. The average Bonchev–Trinajstić information content (AvgIpc) is 2.50. The molecule has 2 rings (SSSR count). The SMILES string of the molecule is COCCNC(=O)c1cc(Nc2ccc(C)c(Cl)c2)nc(C)n1. The number of aromatic nitrogens is 2. The minimum absolute atomic E-state index is 0.266. The number of rotatable bonds is 6. The van der Waals surface area contributed by atoms with Crippen molar-refractivity contribution >= 4 is 29.0 Å². The van der Waals surface area contributed by atoms with E-state index in [1.165, 1.54) is 0 Å². The van der Waals surface area contributed by atoms with Gasteiger partial charge in [0.1, 0.15) is 17.3 Å². The van der Waals surface area contributed by atoms with Gasteiger partial charge in [0.05, 0.1) is 6.61 Å². The van der Waals surface area contributed by atoms with Crippen molar-refractivity contribution in [1.82, 2.24) is 15.3 Å². The number of amides is 1. The Morgan fingerprint density at radius 2 is 2.04 bits per heavy atom. The Labute approximate surface area is 140 Å². The summed E-state index contributed by atoms with van der Waals surface area (Å²) in [7, 11) is 1.58. The van der Waals surface area contributed by atoms with Gasteiger partial charge in [0.2, 0.25) is 0 Å². The van der Waals surface area contributed by atoms with Crippen LogP contribution in [0.2, 0.25) is 5.02 Å². The van der Waals surface area contributed by atoms with Crippen LogP contribution in [0.1, 0.15) is 21.9 Å². The number of nitrogens with one attached hydrogen (secondary N) is 2. The van der Waals surface area contributed by atoms with Crippen LogP contribution in [0.3, 0.4) is 0 Å². The Kier molecular flexibility index (Phi) is 5.90. The summed E-state index contributed by atoms with van der Waals surface area (Å²) in [6.45, 7) is 4.54. The molecule has 2 N–H and O–H groups in total. The Morgan fingerprint density at radius 1 is 1.26 bits per heavy atom. The predicted molar refractivity (Wildman–Crippen MR) is 90.4 cm³/mol. The van der Waals surface area contributed by atoms with E-state index in [4.69, 9.17) is 16.3 Å². The van der Waals surface area contributed by atoms with Crippen molar-refractivity contribution in [2.75, 3.05) is 25.6 Å². The number of carbonyl (C=O) groups excluding carboxylic acids is 1. The topological polar surface area (TPSA) is 76.1 Å².